The van der Waals surface area contributed by atoms with E-state index < -0.39 is 0 Å². The van der Waals surface area contributed by atoms with Gasteiger partial charge in [0.1, 0.15) is 0 Å². The summed E-state index contributed by atoms with van der Waals surface area (Å²) in [4.78, 5) is 16.1. The second kappa shape index (κ2) is 4.37. The molecule has 0 aliphatic carbocycles. The fourth-order valence-corrected chi connectivity index (χ4v) is 1.70. The first-order valence-corrected chi connectivity index (χ1v) is 5.33. The Morgan fingerprint density at radius 3 is 2.71 bits per heavy atom. The van der Waals surface area contributed by atoms with Crippen LogP contribution in [0.25, 0.3) is 0 Å². The van der Waals surface area contributed by atoms with Crippen molar-refractivity contribution < 1.29 is 4.79 Å². The van der Waals surface area contributed by atoms with Crippen LogP contribution in [-0.2, 0) is 0 Å². The number of H-pyrrole nitrogens is 1. The van der Waals surface area contributed by atoms with Gasteiger partial charge in [0.25, 0.3) is 5.91 Å². The van der Waals surface area contributed by atoms with Crippen molar-refractivity contribution in [1.82, 2.24) is 15.2 Å². The van der Waals surface area contributed by atoms with Crippen molar-refractivity contribution in [3.63, 3.8) is 0 Å². The summed E-state index contributed by atoms with van der Waals surface area (Å²) in [5.74, 6) is -0.153. The predicted molar refractivity (Wildman–Crippen MR) is 65.0 cm³/mol. The average molecular weight is 230 g/mol. The largest absolute Gasteiger partial charge is 0.322 e. The van der Waals surface area contributed by atoms with E-state index in [-0.39, 0.29) is 5.91 Å². The smallest absolute Gasteiger partial charge is 0.259 e. The molecule has 0 radical (unpaired) electrons. The fourth-order valence-electron chi connectivity index (χ4n) is 1.70. The number of aromatic nitrogens is 3. The third-order valence-corrected chi connectivity index (χ3v) is 2.51. The molecule has 17 heavy (non-hydrogen) atoms. The van der Waals surface area contributed by atoms with Gasteiger partial charge in [-0.3, -0.25) is 14.9 Å². The molecule has 0 aliphatic heterocycles. The number of pyridine rings is 1. The lowest BCUT2D eigenvalue weighted by molar-refractivity contribution is 0.102. The maximum atomic E-state index is 12.0. The monoisotopic (exact) mass is 230 g/mol. The van der Waals surface area contributed by atoms with Crippen molar-refractivity contribution in [3.05, 3.63) is 41.0 Å². The van der Waals surface area contributed by atoms with Crippen LogP contribution < -0.4 is 5.32 Å². The number of aromatic amines is 1. The summed E-state index contributed by atoms with van der Waals surface area (Å²) < 4.78 is 0. The zero-order chi connectivity index (χ0) is 12.4. The van der Waals surface area contributed by atoms with E-state index >= 15 is 0 Å². The standard InChI is InChI=1S/C12H14N4O/c1-7-6-10(4-5-13-7)14-12(17)11-8(2)15-16-9(11)3/h4-6H,1-3H3,(H,15,16)(H,13,14,17). The Bertz CT molecular complexity index is 540. The Morgan fingerprint density at radius 2 is 2.12 bits per heavy atom. The quantitative estimate of drug-likeness (QED) is 0.828. The van der Waals surface area contributed by atoms with Gasteiger partial charge in [0, 0.05) is 23.3 Å². The van der Waals surface area contributed by atoms with Crippen LogP contribution >= 0.6 is 0 Å². The first-order chi connectivity index (χ1) is 8.08. The van der Waals surface area contributed by atoms with Gasteiger partial charge in [0.15, 0.2) is 0 Å². The fraction of sp³-hybridized carbons (Fsp3) is 0.250. The van der Waals surface area contributed by atoms with E-state index in [0.717, 1.165) is 17.1 Å². The van der Waals surface area contributed by atoms with Crippen LogP contribution in [0.15, 0.2) is 18.3 Å². The van der Waals surface area contributed by atoms with E-state index in [1.54, 1.807) is 19.2 Å². The molecule has 0 fully saturated rings. The molecule has 0 aliphatic rings. The lowest BCUT2D eigenvalue weighted by Gasteiger charge is -2.05. The summed E-state index contributed by atoms with van der Waals surface area (Å²) in [7, 11) is 0. The molecule has 2 aromatic rings. The highest BCUT2D eigenvalue weighted by Gasteiger charge is 2.15. The van der Waals surface area contributed by atoms with Crippen molar-refractivity contribution in [2.45, 2.75) is 20.8 Å². The molecule has 2 N–H and O–H groups in total. The van der Waals surface area contributed by atoms with E-state index in [4.69, 9.17) is 0 Å². The normalized spacial score (nSPS) is 10.3. The first kappa shape index (κ1) is 11.3. The molecule has 0 atom stereocenters. The third kappa shape index (κ3) is 2.33. The highest BCUT2D eigenvalue weighted by molar-refractivity contribution is 6.05. The minimum absolute atomic E-state index is 0.153. The second-order valence-electron chi connectivity index (χ2n) is 3.95. The van der Waals surface area contributed by atoms with Crippen LogP contribution in [0.3, 0.4) is 0 Å². The number of rotatable bonds is 2. The number of carbonyl (C=O) groups is 1. The summed E-state index contributed by atoms with van der Waals surface area (Å²) in [5, 5.41) is 9.62. The van der Waals surface area contributed by atoms with Gasteiger partial charge in [0.2, 0.25) is 0 Å². The molecule has 1 amide bonds. The molecule has 88 valence electrons. The molecule has 2 rings (SSSR count). The van der Waals surface area contributed by atoms with Gasteiger partial charge in [-0.05, 0) is 32.9 Å². The number of anilines is 1. The van der Waals surface area contributed by atoms with E-state index in [0.29, 0.717) is 11.3 Å². The van der Waals surface area contributed by atoms with Gasteiger partial charge in [0.05, 0.1) is 11.3 Å². The Hall–Kier alpha value is -2.17. The molecular formula is C12H14N4O. The molecule has 0 spiro atoms. The van der Waals surface area contributed by atoms with Gasteiger partial charge in [-0.15, -0.1) is 0 Å². The topological polar surface area (TPSA) is 70.7 Å². The van der Waals surface area contributed by atoms with E-state index in [2.05, 4.69) is 20.5 Å². The Morgan fingerprint density at radius 1 is 1.35 bits per heavy atom. The maximum Gasteiger partial charge on any atom is 0.259 e. The second-order valence-corrected chi connectivity index (χ2v) is 3.95. The van der Waals surface area contributed by atoms with Crippen LogP contribution in [0.5, 0.6) is 0 Å². The lowest BCUT2D eigenvalue weighted by Crippen LogP contribution is -2.13. The van der Waals surface area contributed by atoms with Crippen molar-refractivity contribution >= 4 is 11.6 Å². The molecule has 0 bridgehead atoms. The van der Waals surface area contributed by atoms with Crippen LogP contribution in [0.2, 0.25) is 0 Å². The van der Waals surface area contributed by atoms with Crippen LogP contribution in [0.1, 0.15) is 27.4 Å². The number of nitrogens with zero attached hydrogens (tertiary/aromatic N) is 2. The number of nitrogens with one attached hydrogen (secondary N) is 2. The zero-order valence-corrected chi connectivity index (χ0v) is 10.0. The minimum Gasteiger partial charge on any atom is -0.322 e. The third-order valence-electron chi connectivity index (χ3n) is 2.51. The number of carbonyl (C=O) groups excluding carboxylic acids is 1. The van der Waals surface area contributed by atoms with Crippen molar-refractivity contribution in [2.24, 2.45) is 0 Å². The highest BCUT2D eigenvalue weighted by atomic mass is 16.1. The number of aryl methyl sites for hydroxylation is 3. The molecular weight excluding hydrogens is 216 g/mol. The lowest BCUT2D eigenvalue weighted by atomic mass is 10.2. The van der Waals surface area contributed by atoms with Gasteiger partial charge in [-0.2, -0.15) is 5.10 Å². The molecule has 0 unspecified atom stereocenters. The molecule has 0 saturated carbocycles. The number of hydrogen-bond donors (Lipinski definition) is 2. The van der Waals surface area contributed by atoms with E-state index in [1.165, 1.54) is 0 Å². The molecule has 2 aromatic heterocycles. The summed E-state index contributed by atoms with van der Waals surface area (Å²) in [5.41, 5.74) is 3.67. The van der Waals surface area contributed by atoms with Crippen molar-refractivity contribution in [2.75, 3.05) is 5.32 Å². The summed E-state index contributed by atoms with van der Waals surface area (Å²) in [6, 6.07) is 3.58. The predicted octanol–water partition coefficient (Wildman–Crippen LogP) is 1.98. The zero-order valence-electron chi connectivity index (χ0n) is 10.0. The van der Waals surface area contributed by atoms with Gasteiger partial charge < -0.3 is 5.32 Å². The Labute approximate surface area is 99.3 Å². The Kier molecular flexibility index (Phi) is 2.91. The molecule has 0 saturated heterocycles. The SMILES string of the molecule is Cc1cc(NC(=O)c2c(C)n[nH]c2C)ccn1. The Balaban J connectivity index is 2.23. The summed E-state index contributed by atoms with van der Waals surface area (Å²) in [6.45, 7) is 5.51. The highest BCUT2D eigenvalue weighted by Crippen LogP contribution is 2.13. The molecule has 2 heterocycles. The number of hydrogen-bond acceptors (Lipinski definition) is 3. The molecule has 5 nitrogen and oxygen atoms in total. The van der Waals surface area contributed by atoms with Gasteiger partial charge in [-0.25, -0.2) is 0 Å². The van der Waals surface area contributed by atoms with E-state index in [1.807, 2.05) is 19.9 Å². The van der Waals surface area contributed by atoms with Crippen LogP contribution in [0.4, 0.5) is 5.69 Å². The first-order valence-electron chi connectivity index (χ1n) is 5.33. The minimum atomic E-state index is -0.153. The van der Waals surface area contributed by atoms with Gasteiger partial charge >= 0.3 is 0 Å². The summed E-state index contributed by atoms with van der Waals surface area (Å²) >= 11 is 0. The number of amides is 1. The average Bonchev–Trinajstić information content (AvgIpc) is 2.58. The summed E-state index contributed by atoms with van der Waals surface area (Å²) in [6.07, 6.45) is 1.67. The van der Waals surface area contributed by atoms with Crippen LogP contribution in [0, 0.1) is 20.8 Å². The van der Waals surface area contributed by atoms with Crippen molar-refractivity contribution in [3.8, 4) is 0 Å². The van der Waals surface area contributed by atoms with E-state index in [9.17, 15) is 4.79 Å². The van der Waals surface area contributed by atoms with Crippen molar-refractivity contribution in [1.29, 1.82) is 0 Å². The maximum absolute atomic E-state index is 12.0. The molecule has 0 aromatic carbocycles. The molecule has 5 heteroatoms. The van der Waals surface area contributed by atoms with Gasteiger partial charge in [-0.1, -0.05) is 0 Å². The van der Waals surface area contributed by atoms with Crippen LogP contribution in [-0.4, -0.2) is 21.1 Å².